The van der Waals surface area contributed by atoms with E-state index in [4.69, 9.17) is 0 Å². The van der Waals surface area contributed by atoms with Crippen molar-refractivity contribution in [3.05, 3.63) is 44.3 Å². The van der Waals surface area contributed by atoms with Crippen LogP contribution in [0.2, 0.25) is 0 Å². The second-order valence-electron chi connectivity index (χ2n) is 5.87. The molecular formula is C17H23NS2. The zero-order valence-corrected chi connectivity index (χ0v) is 13.9. The summed E-state index contributed by atoms with van der Waals surface area (Å²) in [6.45, 7) is 4.50. The van der Waals surface area contributed by atoms with E-state index in [2.05, 4.69) is 48.8 Å². The van der Waals surface area contributed by atoms with Crippen molar-refractivity contribution >= 4 is 22.7 Å². The molecule has 1 aliphatic carbocycles. The lowest BCUT2D eigenvalue weighted by molar-refractivity contribution is 0.345. The van der Waals surface area contributed by atoms with E-state index in [-0.39, 0.29) is 0 Å². The van der Waals surface area contributed by atoms with Crippen LogP contribution >= 0.6 is 22.7 Å². The van der Waals surface area contributed by atoms with Crippen molar-refractivity contribution in [2.45, 2.75) is 51.6 Å². The molecule has 0 aliphatic heterocycles. The molecule has 108 valence electrons. The highest BCUT2D eigenvalue weighted by atomic mass is 32.1. The van der Waals surface area contributed by atoms with Gasteiger partial charge in [-0.15, -0.1) is 22.7 Å². The van der Waals surface area contributed by atoms with Crippen molar-refractivity contribution in [3.63, 3.8) is 0 Å². The minimum Gasteiger partial charge on any atom is -0.302 e. The van der Waals surface area contributed by atoms with Crippen LogP contribution in [0.4, 0.5) is 0 Å². The van der Waals surface area contributed by atoms with E-state index in [1.54, 1.807) is 0 Å². The summed E-state index contributed by atoms with van der Waals surface area (Å²) >= 11 is 3.82. The molecule has 0 aromatic carbocycles. The van der Waals surface area contributed by atoms with Gasteiger partial charge in [-0.1, -0.05) is 18.9 Å². The fourth-order valence-corrected chi connectivity index (χ4v) is 5.01. The fourth-order valence-electron chi connectivity index (χ4n) is 3.25. The summed E-state index contributed by atoms with van der Waals surface area (Å²) in [5.41, 5.74) is 0. The molecule has 3 rings (SSSR count). The molecule has 0 saturated heterocycles. The number of hydrogen-bond donors (Lipinski definition) is 1. The summed E-state index contributed by atoms with van der Waals surface area (Å²) in [4.78, 5) is 4.38. The van der Waals surface area contributed by atoms with Crippen LogP contribution < -0.4 is 5.32 Å². The van der Waals surface area contributed by atoms with E-state index in [9.17, 15) is 0 Å². The number of hydrogen-bond acceptors (Lipinski definition) is 3. The number of aryl methyl sites for hydroxylation is 1. The van der Waals surface area contributed by atoms with Crippen molar-refractivity contribution in [2.24, 2.45) is 5.92 Å². The second kappa shape index (κ2) is 6.42. The Morgan fingerprint density at radius 1 is 1.15 bits per heavy atom. The highest BCUT2D eigenvalue weighted by Crippen LogP contribution is 2.39. The van der Waals surface area contributed by atoms with Crippen LogP contribution in [0.3, 0.4) is 0 Å². The Labute approximate surface area is 130 Å². The molecule has 0 amide bonds. The molecule has 1 saturated carbocycles. The Morgan fingerprint density at radius 2 is 1.95 bits per heavy atom. The Kier molecular flexibility index (Phi) is 4.59. The Balaban J connectivity index is 1.76. The molecule has 2 heterocycles. The first-order valence-electron chi connectivity index (χ1n) is 7.60. The smallest absolute Gasteiger partial charge is 0.0448 e. The average molecular weight is 306 g/mol. The Morgan fingerprint density at radius 3 is 2.55 bits per heavy atom. The lowest BCUT2D eigenvalue weighted by Crippen LogP contribution is -2.28. The van der Waals surface area contributed by atoms with Gasteiger partial charge in [-0.2, -0.15) is 0 Å². The minimum absolute atomic E-state index is 0.446. The quantitative estimate of drug-likeness (QED) is 0.747. The molecule has 0 radical (unpaired) electrons. The van der Waals surface area contributed by atoms with Crippen LogP contribution in [0.25, 0.3) is 0 Å². The highest BCUT2D eigenvalue weighted by molar-refractivity contribution is 7.12. The topological polar surface area (TPSA) is 12.0 Å². The third-order valence-electron chi connectivity index (χ3n) is 4.34. The Hall–Kier alpha value is -0.640. The summed E-state index contributed by atoms with van der Waals surface area (Å²) in [5, 5.41) is 6.12. The van der Waals surface area contributed by atoms with E-state index >= 15 is 0 Å². The molecule has 2 aromatic heterocycles. The lowest BCUT2D eigenvalue weighted by atomic mass is 9.96. The molecule has 2 unspecified atom stereocenters. The molecule has 1 fully saturated rings. The minimum atomic E-state index is 0.446. The Bertz CT molecular complexity index is 523. The van der Waals surface area contributed by atoms with Crippen LogP contribution in [0.5, 0.6) is 0 Å². The highest BCUT2D eigenvalue weighted by Gasteiger charge is 2.28. The van der Waals surface area contributed by atoms with E-state index in [1.165, 1.54) is 40.3 Å². The van der Waals surface area contributed by atoms with E-state index in [0.717, 1.165) is 5.92 Å². The average Bonchev–Trinajstić information content (AvgIpc) is 3.17. The van der Waals surface area contributed by atoms with Crippen molar-refractivity contribution in [2.75, 3.05) is 0 Å². The molecule has 1 N–H and O–H groups in total. The van der Waals surface area contributed by atoms with Crippen molar-refractivity contribution in [1.29, 1.82) is 0 Å². The first-order chi connectivity index (χ1) is 9.74. The molecule has 2 atom stereocenters. The predicted molar refractivity (Wildman–Crippen MR) is 89.6 cm³/mol. The molecule has 2 aromatic rings. The third kappa shape index (κ3) is 3.16. The van der Waals surface area contributed by atoms with Gasteiger partial charge < -0.3 is 5.32 Å². The molecular weight excluding hydrogens is 282 g/mol. The number of rotatable bonds is 5. The maximum atomic E-state index is 3.91. The summed E-state index contributed by atoms with van der Waals surface area (Å²) in [6, 6.07) is 9.97. The van der Waals surface area contributed by atoms with Crippen molar-refractivity contribution < 1.29 is 0 Å². The van der Waals surface area contributed by atoms with Gasteiger partial charge in [-0.3, -0.25) is 0 Å². The van der Waals surface area contributed by atoms with Crippen molar-refractivity contribution in [1.82, 2.24) is 5.32 Å². The van der Waals surface area contributed by atoms with Crippen molar-refractivity contribution in [3.8, 4) is 0 Å². The second-order valence-corrected chi connectivity index (χ2v) is 8.17. The maximum absolute atomic E-state index is 3.91. The normalized spacial score (nSPS) is 19.3. The van der Waals surface area contributed by atoms with Crippen LogP contribution in [-0.4, -0.2) is 0 Å². The van der Waals surface area contributed by atoms with E-state index in [1.807, 2.05) is 22.7 Å². The van der Waals surface area contributed by atoms with Gasteiger partial charge in [-0.05, 0) is 56.2 Å². The first-order valence-corrected chi connectivity index (χ1v) is 9.29. The van der Waals surface area contributed by atoms with Gasteiger partial charge >= 0.3 is 0 Å². The van der Waals surface area contributed by atoms with E-state index < -0.39 is 0 Å². The molecule has 1 aliphatic rings. The van der Waals surface area contributed by atoms with Crippen LogP contribution in [0.1, 0.15) is 59.3 Å². The number of thiophene rings is 2. The van der Waals surface area contributed by atoms with Gasteiger partial charge in [0.05, 0.1) is 0 Å². The summed E-state index contributed by atoms with van der Waals surface area (Å²) < 4.78 is 0. The molecule has 20 heavy (non-hydrogen) atoms. The first kappa shape index (κ1) is 14.3. The molecule has 3 heteroatoms. The lowest BCUT2D eigenvalue weighted by Gasteiger charge is -2.27. The summed E-state index contributed by atoms with van der Waals surface area (Å²) in [6.07, 6.45) is 5.57. The molecule has 0 spiro atoms. The zero-order valence-electron chi connectivity index (χ0n) is 12.3. The maximum Gasteiger partial charge on any atom is 0.0448 e. The van der Waals surface area contributed by atoms with Gasteiger partial charge in [0.25, 0.3) is 0 Å². The zero-order chi connectivity index (χ0) is 13.9. The molecule has 0 bridgehead atoms. The largest absolute Gasteiger partial charge is 0.302 e. The SMILES string of the molecule is Cc1ccc(C(C)NC(c2cccs2)C2CCCC2)s1. The summed E-state index contributed by atoms with van der Waals surface area (Å²) in [7, 11) is 0. The monoisotopic (exact) mass is 305 g/mol. The van der Waals surface area contributed by atoms with Crippen LogP contribution in [0, 0.1) is 12.8 Å². The van der Waals surface area contributed by atoms with Gasteiger partial charge in [-0.25, -0.2) is 0 Å². The fraction of sp³-hybridized carbons (Fsp3) is 0.529. The van der Waals surface area contributed by atoms with Crippen LogP contribution in [0.15, 0.2) is 29.6 Å². The summed E-state index contributed by atoms with van der Waals surface area (Å²) in [5.74, 6) is 0.817. The predicted octanol–water partition coefficient (Wildman–Crippen LogP) is 5.70. The van der Waals surface area contributed by atoms with Crippen LogP contribution in [-0.2, 0) is 0 Å². The third-order valence-corrected chi connectivity index (χ3v) is 6.48. The standard InChI is InChI=1S/C17H23NS2/c1-12-9-10-15(20-12)13(2)18-17(14-6-3-4-7-14)16-8-5-11-19-16/h5,8-11,13-14,17-18H,3-4,6-7H2,1-2H3. The number of nitrogens with one attached hydrogen (secondary N) is 1. The van der Waals surface area contributed by atoms with Gasteiger partial charge in [0.15, 0.2) is 0 Å². The van der Waals surface area contributed by atoms with Gasteiger partial charge in [0.1, 0.15) is 0 Å². The van der Waals surface area contributed by atoms with E-state index in [0.29, 0.717) is 12.1 Å². The molecule has 1 nitrogen and oxygen atoms in total. The van der Waals surface area contributed by atoms with Gasteiger partial charge in [0, 0.05) is 26.7 Å². The van der Waals surface area contributed by atoms with Gasteiger partial charge in [0.2, 0.25) is 0 Å².